The maximum Gasteiger partial charge on any atom is 0.251 e. The minimum absolute atomic E-state index is 0.125. The highest BCUT2D eigenvalue weighted by atomic mass is 35.5. The largest absolute Gasteiger partial charge is 0.348 e. The Kier molecular flexibility index (Phi) is 5.39. The fraction of sp³-hybridized carbons (Fsp3) is 0.222. The van der Waals surface area contributed by atoms with Gasteiger partial charge in [0.2, 0.25) is 5.91 Å². The Morgan fingerprint density at radius 2 is 1.89 bits per heavy atom. The first kappa shape index (κ1) is 19.6. The van der Waals surface area contributed by atoms with E-state index >= 15 is 0 Å². The number of thioether (sulfide) groups is 1. The number of fused-ring (bicyclic) bond motifs is 1. The van der Waals surface area contributed by atoms with Gasteiger partial charge in [0.05, 0.1) is 5.69 Å². The first-order chi connectivity index (χ1) is 12.7. The number of carbonyl (C=O) groups is 2. The Morgan fingerprint density at radius 3 is 2.52 bits per heavy atom. The molecule has 0 radical (unpaired) electrons. The molecule has 3 rings (SSSR count). The highest BCUT2D eigenvalue weighted by Crippen LogP contribution is 2.43. The molecule has 0 fully saturated rings. The van der Waals surface area contributed by atoms with E-state index in [4.69, 9.17) is 11.6 Å². The number of hydrogen-bond donors (Lipinski definition) is 2. The zero-order chi connectivity index (χ0) is 19.8. The molecule has 0 saturated heterocycles. The third-order valence-corrected chi connectivity index (χ3v) is 6.14. The number of hydrogen-bond acceptors (Lipinski definition) is 3. The summed E-state index contributed by atoms with van der Waals surface area (Å²) in [5.41, 5.74) is 0.218. The average molecular weight is 415 g/mol. The molecule has 4 nitrogen and oxygen atoms in total. The van der Waals surface area contributed by atoms with Crippen molar-refractivity contribution >= 4 is 40.9 Å². The van der Waals surface area contributed by atoms with Crippen molar-refractivity contribution < 1.29 is 22.8 Å². The van der Waals surface area contributed by atoms with Gasteiger partial charge >= 0.3 is 0 Å². The highest BCUT2D eigenvalue weighted by molar-refractivity contribution is 8.01. The van der Waals surface area contributed by atoms with Gasteiger partial charge in [-0.1, -0.05) is 0 Å². The molecule has 1 atom stereocenters. The Hall–Kier alpha value is -2.19. The summed E-state index contributed by atoms with van der Waals surface area (Å²) in [5.74, 6) is -3.94. The van der Waals surface area contributed by atoms with E-state index in [1.165, 1.54) is 23.9 Å². The van der Waals surface area contributed by atoms with Crippen molar-refractivity contribution in [3.05, 3.63) is 58.9 Å². The smallest absolute Gasteiger partial charge is 0.251 e. The molecule has 1 aliphatic heterocycles. The molecule has 27 heavy (non-hydrogen) atoms. The molecule has 0 bridgehead atoms. The van der Waals surface area contributed by atoms with Gasteiger partial charge in [-0.15, -0.1) is 23.4 Å². The lowest BCUT2D eigenvalue weighted by atomic mass is 10.1. The van der Waals surface area contributed by atoms with Gasteiger partial charge in [-0.2, -0.15) is 0 Å². The maximum atomic E-state index is 13.6. The SMILES string of the molecule is CC1(CCl)Sc2ccc(C(=O)NCc3c(F)cc(F)cc3F)cc2NC1=O. The van der Waals surface area contributed by atoms with Crippen molar-refractivity contribution in [2.45, 2.75) is 23.1 Å². The molecule has 2 amide bonds. The fourth-order valence-electron chi connectivity index (χ4n) is 2.50. The molecule has 1 aliphatic rings. The fourth-order valence-corrected chi connectivity index (χ4v) is 3.83. The molecule has 2 aromatic rings. The van der Waals surface area contributed by atoms with Crippen LogP contribution in [0.25, 0.3) is 0 Å². The van der Waals surface area contributed by atoms with Crippen molar-refractivity contribution in [2.24, 2.45) is 0 Å². The van der Waals surface area contributed by atoms with E-state index in [2.05, 4.69) is 10.6 Å². The van der Waals surface area contributed by atoms with Crippen LogP contribution >= 0.6 is 23.4 Å². The van der Waals surface area contributed by atoms with Gasteiger partial charge < -0.3 is 10.6 Å². The second-order valence-corrected chi connectivity index (χ2v) is 7.97. The Balaban J connectivity index is 1.76. The zero-order valence-corrected chi connectivity index (χ0v) is 15.6. The first-order valence-corrected chi connectivity index (χ1v) is 9.21. The van der Waals surface area contributed by atoms with E-state index in [0.717, 1.165) is 4.90 Å². The normalized spacial score (nSPS) is 18.6. The maximum absolute atomic E-state index is 13.6. The molecule has 0 aromatic heterocycles. The van der Waals surface area contributed by atoms with Gasteiger partial charge in [0.15, 0.2) is 0 Å². The second-order valence-electron chi connectivity index (χ2n) is 6.16. The van der Waals surface area contributed by atoms with E-state index in [1.54, 1.807) is 13.0 Å². The van der Waals surface area contributed by atoms with Crippen LogP contribution in [0.1, 0.15) is 22.8 Å². The number of nitrogens with one attached hydrogen (secondary N) is 2. The Morgan fingerprint density at radius 1 is 1.22 bits per heavy atom. The van der Waals surface area contributed by atoms with Crippen molar-refractivity contribution in [3.8, 4) is 0 Å². The quantitative estimate of drug-likeness (QED) is 0.741. The first-order valence-electron chi connectivity index (χ1n) is 7.85. The lowest BCUT2D eigenvalue weighted by molar-refractivity contribution is -0.117. The van der Waals surface area contributed by atoms with Crippen LogP contribution in [0.2, 0.25) is 0 Å². The Bertz CT molecular complexity index is 918. The summed E-state index contributed by atoms with van der Waals surface area (Å²) in [6, 6.07) is 5.76. The van der Waals surface area contributed by atoms with Crippen molar-refractivity contribution in [2.75, 3.05) is 11.2 Å². The molecule has 0 aliphatic carbocycles. The van der Waals surface area contributed by atoms with Crippen LogP contribution in [0.5, 0.6) is 0 Å². The zero-order valence-electron chi connectivity index (χ0n) is 14.0. The minimum Gasteiger partial charge on any atom is -0.348 e. The van der Waals surface area contributed by atoms with Gasteiger partial charge in [0, 0.05) is 40.6 Å². The van der Waals surface area contributed by atoms with E-state index in [1.807, 2.05) is 0 Å². The molecule has 1 heterocycles. The van der Waals surface area contributed by atoms with Crippen molar-refractivity contribution in [3.63, 3.8) is 0 Å². The van der Waals surface area contributed by atoms with Crippen LogP contribution in [-0.4, -0.2) is 22.4 Å². The van der Waals surface area contributed by atoms with E-state index < -0.39 is 40.2 Å². The molecule has 2 N–H and O–H groups in total. The summed E-state index contributed by atoms with van der Waals surface area (Å²) in [7, 11) is 0. The van der Waals surface area contributed by atoms with Crippen LogP contribution < -0.4 is 10.6 Å². The topological polar surface area (TPSA) is 58.2 Å². The summed E-state index contributed by atoms with van der Waals surface area (Å²) in [6.07, 6.45) is 0. The molecule has 1 unspecified atom stereocenters. The van der Waals surface area contributed by atoms with Crippen LogP contribution in [-0.2, 0) is 11.3 Å². The molecule has 2 aromatic carbocycles. The number of alkyl halides is 1. The third kappa shape index (κ3) is 3.91. The lowest BCUT2D eigenvalue weighted by Gasteiger charge is -2.31. The van der Waals surface area contributed by atoms with Gasteiger partial charge in [0.25, 0.3) is 5.91 Å². The molecule has 0 saturated carbocycles. The van der Waals surface area contributed by atoms with Crippen LogP contribution in [0.4, 0.5) is 18.9 Å². The minimum atomic E-state index is -1.08. The molecule has 142 valence electrons. The van der Waals surface area contributed by atoms with E-state index in [9.17, 15) is 22.8 Å². The highest BCUT2D eigenvalue weighted by Gasteiger charge is 2.38. The predicted octanol–water partition coefficient (Wildman–Crippen LogP) is 4.08. The number of benzene rings is 2. The molecule has 9 heteroatoms. The lowest BCUT2D eigenvalue weighted by Crippen LogP contribution is -2.41. The molecule has 0 spiro atoms. The summed E-state index contributed by atoms with van der Waals surface area (Å²) in [5, 5.41) is 5.09. The number of rotatable bonds is 4. The standard InChI is InChI=1S/C18H14ClF3N2O2S/c1-18(8-19)17(26)24-14-4-9(2-3-15(14)27-18)16(25)23-7-11-12(21)5-10(20)6-13(11)22/h2-6H,7-8H2,1H3,(H,23,25)(H,24,26). The van der Waals surface area contributed by atoms with Crippen LogP contribution in [0.15, 0.2) is 35.2 Å². The Labute approximate surface area is 162 Å². The van der Waals surface area contributed by atoms with Gasteiger partial charge in [-0.05, 0) is 25.1 Å². The van der Waals surface area contributed by atoms with Crippen molar-refractivity contribution in [1.29, 1.82) is 0 Å². The van der Waals surface area contributed by atoms with Gasteiger partial charge in [0.1, 0.15) is 22.2 Å². The number of carbonyl (C=O) groups excluding carboxylic acids is 2. The average Bonchev–Trinajstić information content (AvgIpc) is 2.61. The third-order valence-electron chi connectivity index (χ3n) is 4.09. The number of amides is 2. The number of halogens is 4. The molecular formula is C18H14ClF3N2O2S. The second kappa shape index (κ2) is 7.44. The van der Waals surface area contributed by atoms with E-state index in [0.29, 0.717) is 17.8 Å². The number of anilines is 1. The van der Waals surface area contributed by atoms with Crippen molar-refractivity contribution in [1.82, 2.24) is 5.32 Å². The monoisotopic (exact) mass is 414 g/mol. The van der Waals surface area contributed by atoms with Crippen LogP contribution in [0.3, 0.4) is 0 Å². The van der Waals surface area contributed by atoms with Crippen LogP contribution in [0, 0.1) is 17.5 Å². The summed E-state index contributed by atoms with van der Waals surface area (Å²) >= 11 is 7.16. The summed E-state index contributed by atoms with van der Waals surface area (Å²) < 4.78 is 39.4. The van der Waals surface area contributed by atoms with Gasteiger partial charge in [-0.3, -0.25) is 9.59 Å². The van der Waals surface area contributed by atoms with Gasteiger partial charge in [-0.25, -0.2) is 13.2 Å². The molecular weight excluding hydrogens is 401 g/mol. The summed E-state index contributed by atoms with van der Waals surface area (Å²) in [4.78, 5) is 25.2. The predicted molar refractivity (Wildman–Crippen MR) is 97.5 cm³/mol. The van der Waals surface area contributed by atoms with E-state index in [-0.39, 0.29) is 17.4 Å². The summed E-state index contributed by atoms with van der Waals surface area (Å²) in [6.45, 7) is 1.27.